The summed E-state index contributed by atoms with van der Waals surface area (Å²) in [4.78, 5) is 16.4. The zero-order valence-electron chi connectivity index (χ0n) is 13.4. The second-order valence-corrected chi connectivity index (χ2v) is 5.31. The largest absolute Gasteiger partial charge is 0.418 e. The molecule has 0 saturated carbocycles. The minimum absolute atomic E-state index is 0.134. The first-order valence-electron chi connectivity index (χ1n) is 7.44. The molecule has 0 fully saturated rings. The molecular weight excluding hydrogens is 304 g/mol. The predicted octanol–water partition coefficient (Wildman–Crippen LogP) is 4.16. The normalized spacial score (nSPS) is 13.9. The highest BCUT2D eigenvalue weighted by Gasteiger charge is 2.26. The molecule has 1 aliphatic heterocycles. The Bertz CT molecular complexity index is 850. The number of anilines is 1. The number of hydrogen-bond acceptors (Lipinski definition) is 5. The van der Waals surface area contributed by atoms with Crippen LogP contribution in [-0.2, 0) is 4.74 Å². The summed E-state index contributed by atoms with van der Waals surface area (Å²) >= 11 is 0. The Hall–Kier alpha value is -3.28. The van der Waals surface area contributed by atoms with Gasteiger partial charge in [0.1, 0.15) is 0 Å². The Morgan fingerprint density at radius 1 is 1.04 bits per heavy atom. The Kier molecular flexibility index (Phi) is 4.47. The molecular formula is C18H16N4O2. The number of rotatable bonds is 2. The molecule has 0 aliphatic carbocycles. The van der Waals surface area contributed by atoms with E-state index in [1.807, 2.05) is 56.3 Å². The maximum absolute atomic E-state index is 12.1. The lowest BCUT2D eigenvalue weighted by Gasteiger charge is -2.06. The summed E-state index contributed by atoms with van der Waals surface area (Å²) in [5.41, 5.74) is 3.35. The zero-order chi connectivity index (χ0) is 16.9. The number of ether oxygens (including phenoxy) is 1. The van der Waals surface area contributed by atoms with Gasteiger partial charge in [-0.1, -0.05) is 36.4 Å². The van der Waals surface area contributed by atoms with Gasteiger partial charge in [0.05, 0.1) is 5.69 Å². The minimum atomic E-state index is -0.627. The van der Waals surface area contributed by atoms with Gasteiger partial charge in [-0.15, -0.1) is 5.10 Å². The van der Waals surface area contributed by atoms with Gasteiger partial charge in [-0.3, -0.25) is 5.32 Å². The highest BCUT2D eigenvalue weighted by Crippen LogP contribution is 2.27. The standard InChI is InChI=1S/C18H16N4O2/c1-12(2)21-22-16-14-10-6-7-11-15(14)20-17(16)24-18(23)19-13-8-4-3-5-9-13/h3-11H,1-2H3,(H,19,23). The molecule has 0 saturated heterocycles. The summed E-state index contributed by atoms with van der Waals surface area (Å²) < 4.78 is 5.34. The van der Waals surface area contributed by atoms with Gasteiger partial charge in [0.15, 0.2) is 5.71 Å². The fourth-order valence-corrected chi connectivity index (χ4v) is 2.12. The quantitative estimate of drug-likeness (QED) is 0.666. The van der Waals surface area contributed by atoms with Gasteiger partial charge in [0.25, 0.3) is 5.90 Å². The molecule has 0 atom stereocenters. The van der Waals surface area contributed by atoms with Crippen molar-refractivity contribution in [1.82, 2.24) is 0 Å². The number of carbonyl (C=O) groups excluding carboxylic acids is 1. The van der Waals surface area contributed by atoms with E-state index in [1.54, 1.807) is 12.1 Å². The monoisotopic (exact) mass is 320 g/mol. The summed E-state index contributed by atoms with van der Waals surface area (Å²) in [6, 6.07) is 16.5. The molecule has 6 heteroatoms. The molecule has 6 nitrogen and oxygen atoms in total. The number of fused-ring (bicyclic) bond motifs is 1. The van der Waals surface area contributed by atoms with Gasteiger partial charge >= 0.3 is 6.09 Å². The van der Waals surface area contributed by atoms with E-state index in [-0.39, 0.29) is 5.90 Å². The summed E-state index contributed by atoms with van der Waals surface area (Å²) in [6.07, 6.45) is -0.627. The smallest absolute Gasteiger partial charge is 0.389 e. The van der Waals surface area contributed by atoms with Gasteiger partial charge in [-0.25, -0.2) is 9.79 Å². The van der Waals surface area contributed by atoms with Crippen LogP contribution < -0.4 is 5.32 Å². The first-order valence-corrected chi connectivity index (χ1v) is 7.44. The number of nitrogens with one attached hydrogen (secondary N) is 1. The summed E-state index contributed by atoms with van der Waals surface area (Å²) in [5.74, 6) is 0.134. The lowest BCUT2D eigenvalue weighted by Crippen LogP contribution is -2.23. The minimum Gasteiger partial charge on any atom is -0.389 e. The number of hydrogen-bond donors (Lipinski definition) is 1. The van der Waals surface area contributed by atoms with Gasteiger partial charge in [0.2, 0.25) is 0 Å². The molecule has 0 radical (unpaired) electrons. The van der Waals surface area contributed by atoms with E-state index >= 15 is 0 Å². The SMILES string of the molecule is CC(C)=NN=C1C(OC(=O)Nc2ccccc2)=Nc2ccccc21. The Balaban J connectivity index is 1.82. The molecule has 0 spiro atoms. The van der Waals surface area contributed by atoms with Gasteiger partial charge in [-0.2, -0.15) is 5.10 Å². The average Bonchev–Trinajstić information content (AvgIpc) is 2.90. The number of aliphatic imine (C=N–C) groups is 1. The molecule has 0 aromatic heterocycles. The van der Waals surface area contributed by atoms with Crippen LogP contribution in [-0.4, -0.2) is 23.4 Å². The van der Waals surface area contributed by atoms with Crippen molar-refractivity contribution in [2.24, 2.45) is 15.2 Å². The third kappa shape index (κ3) is 3.55. The topological polar surface area (TPSA) is 75.4 Å². The lowest BCUT2D eigenvalue weighted by atomic mass is 10.1. The molecule has 2 aromatic carbocycles. The molecule has 0 bridgehead atoms. The summed E-state index contributed by atoms with van der Waals surface area (Å²) in [5, 5.41) is 10.9. The highest BCUT2D eigenvalue weighted by atomic mass is 16.6. The number of benzene rings is 2. The van der Waals surface area contributed by atoms with Crippen molar-refractivity contribution in [3.63, 3.8) is 0 Å². The predicted molar refractivity (Wildman–Crippen MR) is 95.4 cm³/mol. The zero-order valence-corrected chi connectivity index (χ0v) is 13.4. The van der Waals surface area contributed by atoms with Crippen molar-refractivity contribution < 1.29 is 9.53 Å². The van der Waals surface area contributed by atoms with Crippen LogP contribution in [0.25, 0.3) is 0 Å². The molecule has 1 N–H and O–H groups in total. The second-order valence-electron chi connectivity index (χ2n) is 5.31. The van der Waals surface area contributed by atoms with Crippen LogP contribution in [0.2, 0.25) is 0 Å². The van der Waals surface area contributed by atoms with Crippen molar-refractivity contribution in [3.05, 3.63) is 60.2 Å². The van der Waals surface area contributed by atoms with Crippen LogP contribution in [0.15, 0.2) is 69.8 Å². The molecule has 3 rings (SSSR count). The lowest BCUT2D eigenvalue weighted by molar-refractivity contribution is 0.213. The molecule has 24 heavy (non-hydrogen) atoms. The number of carbonyl (C=O) groups is 1. The first-order chi connectivity index (χ1) is 11.6. The number of nitrogens with zero attached hydrogens (tertiary/aromatic N) is 3. The molecule has 2 aromatic rings. The van der Waals surface area contributed by atoms with E-state index < -0.39 is 6.09 Å². The molecule has 1 heterocycles. The summed E-state index contributed by atoms with van der Waals surface area (Å²) in [7, 11) is 0. The third-order valence-corrected chi connectivity index (χ3v) is 3.14. The number of amides is 1. The Morgan fingerprint density at radius 3 is 2.50 bits per heavy atom. The van der Waals surface area contributed by atoms with E-state index in [4.69, 9.17) is 4.74 Å². The summed E-state index contributed by atoms with van der Waals surface area (Å²) in [6.45, 7) is 3.68. The average molecular weight is 320 g/mol. The van der Waals surface area contributed by atoms with E-state index in [0.29, 0.717) is 17.1 Å². The Labute approximate surface area is 139 Å². The van der Waals surface area contributed by atoms with E-state index in [9.17, 15) is 4.79 Å². The van der Waals surface area contributed by atoms with Crippen LogP contribution in [0.3, 0.4) is 0 Å². The van der Waals surface area contributed by atoms with E-state index in [1.165, 1.54) is 0 Å². The van der Waals surface area contributed by atoms with Crippen molar-refractivity contribution in [1.29, 1.82) is 0 Å². The van der Waals surface area contributed by atoms with Crippen molar-refractivity contribution in [2.45, 2.75) is 13.8 Å². The fraction of sp³-hybridized carbons (Fsp3) is 0.111. The van der Waals surface area contributed by atoms with E-state index in [0.717, 1.165) is 11.3 Å². The fourth-order valence-electron chi connectivity index (χ4n) is 2.12. The van der Waals surface area contributed by atoms with Crippen molar-refractivity contribution >= 4 is 34.8 Å². The second kappa shape index (κ2) is 6.87. The Morgan fingerprint density at radius 2 is 1.75 bits per heavy atom. The maximum Gasteiger partial charge on any atom is 0.418 e. The molecule has 1 aliphatic rings. The van der Waals surface area contributed by atoms with Crippen LogP contribution >= 0.6 is 0 Å². The first kappa shape index (κ1) is 15.6. The van der Waals surface area contributed by atoms with Gasteiger partial charge < -0.3 is 4.74 Å². The molecule has 0 unspecified atom stereocenters. The van der Waals surface area contributed by atoms with Crippen LogP contribution in [0.5, 0.6) is 0 Å². The highest BCUT2D eigenvalue weighted by molar-refractivity contribution is 6.50. The third-order valence-electron chi connectivity index (χ3n) is 3.14. The van der Waals surface area contributed by atoms with Crippen LogP contribution in [0.4, 0.5) is 16.2 Å². The number of para-hydroxylation sites is 2. The van der Waals surface area contributed by atoms with Crippen LogP contribution in [0.1, 0.15) is 19.4 Å². The molecule has 1 amide bonds. The van der Waals surface area contributed by atoms with Gasteiger partial charge in [-0.05, 0) is 32.0 Å². The molecule has 120 valence electrons. The maximum atomic E-state index is 12.1. The van der Waals surface area contributed by atoms with Gasteiger partial charge in [0, 0.05) is 17.0 Å². The van der Waals surface area contributed by atoms with E-state index in [2.05, 4.69) is 20.5 Å². The van der Waals surface area contributed by atoms with Crippen LogP contribution in [0, 0.1) is 0 Å². The van der Waals surface area contributed by atoms with Crippen molar-refractivity contribution in [2.75, 3.05) is 5.32 Å². The van der Waals surface area contributed by atoms with Crippen molar-refractivity contribution in [3.8, 4) is 0 Å².